The topological polar surface area (TPSA) is 114 Å². The number of carbonyl (C=O) groups is 2. The van der Waals surface area contributed by atoms with E-state index in [4.69, 9.17) is 14.5 Å². The van der Waals surface area contributed by atoms with Crippen LogP contribution in [0.2, 0.25) is 0 Å². The Morgan fingerprint density at radius 2 is 1.76 bits per heavy atom. The van der Waals surface area contributed by atoms with E-state index >= 15 is 0 Å². The van der Waals surface area contributed by atoms with E-state index in [0.29, 0.717) is 35.7 Å². The fourth-order valence-electron chi connectivity index (χ4n) is 5.40. The summed E-state index contributed by atoms with van der Waals surface area (Å²) in [5.74, 6) is -0.289. The molecule has 1 aromatic carbocycles. The molecule has 42 heavy (non-hydrogen) atoms. The number of carbonyl (C=O) groups excluding carboxylic acids is 2. The number of cyclic esters (lactones) is 1. The van der Waals surface area contributed by atoms with Crippen LogP contribution in [-0.2, 0) is 22.7 Å². The molecule has 228 valence electrons. The molecule has 5 heterocycles. The van der Waals surface area contributed by atoms with Crippen LogP contribution in [0.1, 0.15) is 76.8 Å². The third-order valence-corrected chi connectivity index (χ3v) is 7.44. The number of aromatic nitrogens is 2. The number of piperazine rings is 1. The average Bonchev–Trinajstić information content (AvgIpc) is 3.37. The largest absolute Gasteiger partial charge is 0.458 e. The SMILES string of the molecule is CC.CC.CC.Cc1c(OC(=O)N2CCN(C)CC2C)ccc2nc3c(cc12)Cn1c-3cc2c(c1=O)COC(=O)[C@H]2O. The molecule has 1 unspecified atom stereocenters. The summed E-state index contributed by atoms with van der Waals surface area (Å²) >= 11 is 0. The summed E-state index contributed by atoms with van der Waals surface area (Å²) in [7, 11) is 2.04. The van der Waals surface area contributed by atoms with Crippen molar-refractivity contribution < 1.29 is 24.2 Å². The van der Waals surface area contributed by atoms with E-state index in [0.717, 1.165) is 29.6 Å². The highest BCUT2D eigenvalue weighted by molar-refractivity contribution is 5.89. The molecule has 10 heteroatoms. The number of likely N-dealkylation sites (N-methyl/N-ethyl adjacent to an activating group) is 1. The van der Waals surface area contributed by atoms with Gasteiger partial charge in [0.2, 0.25) is 0 Å². The van der Waals surface area contributed by atoms with Gasteiger partial charge in [-0.05, 0) is 45.2 Å². The molecule has 0 aliphatic carbocycles. The van der Waals surface area contributed by atoms with Crippen LogP contribution in [0, 0.1) is 6.92 Å². The molecule has 1 fully saturated rings. The first kappa shape index (κ1) is 32.8. The second kappa shape index (κ2) is 13.9. The summed E-state index contributed by atoms with van der Waals surface area (Å²) < 4.78 is 12.3. The Bertz CT molecular complexity index is 1520. The van der Waals surface area contributed by atoms with Gasteiger partial charge in [-0.15, -0.1) is 0 Å². The molecule has 10 nitrogen and oxygen atoms in total. The predicted octanol–water partition coefficient (Wildman–Crippen LogP) is 5.04. The van der Waals surface area contributed by atoms with Gasteiger partial charge in [-0.25, -0.2) is 14.6 Å². The Morgan fingerprint density at radius 1 is 1.07 bits per heavy atom. The molecule has 1 amide bonds. The number of rotatable bonds is 1. The monoisotopic (exact) mass is 580 g/mol. The van der Waals surface area contributed by atoms with Crippen molar-refractivity contribution in [3.05, 3.63) is 56.9 Å². The lowest BCUT2D eigenvalue weighted by Gasteiger charge is -2.37. The van der Waals surface area contributed by atoms with Crippen LogP contribution in [0.4, 0.5) is 4.79 Å². The summed E-state index contributed by atoms with van der Waals surface area (Å²) in [5, 5.41) is 11.1. The first-order valence-corrected chi connectivity index (χ1v) is 14.9. The third kappa shape index (κ3) is 5.91. The van der Waals surface area contributed by atoms with Crippen molar-refractivity contribution >= 4 is 23.0 Å². The van der Waals surface area contributed by atoms with E-state index in [9.17, 15) is 19.5 Å². The van der Waals surface area contributed by atoms with E-state index in [-0.39, 0.29) is 35.4 Å². The molecule has 3 aliphatic rings. The van der Waals surface area contributed by atoms with Gasteiger partial charge in [0.05, 0.1) is 29.0 Å². The first-order chi connectivity index (χ1) is 20.2. The van der Waals surface area contributed by atoms with Crippen LogP contribution < -0.4 is 10.3 Å². The van der Waals surface area contributed by atoms with Crippen molar-refractivity contribution in [3.63, 3.8) is 0 Å². The highest BCUT2D eigenvalue weighted by Crippen LogP contribution is 2.37. The average molecular weight is 581 g/mol. The van der Waals surface area contributed by atoms with Gasteiger partial charge in [0.1, 0.15) is 12.4 Å². The number of nitrogens with zero attached hydrogens (tertiary/aromatic N) is 4. The Balaban J connectivity index is 0.000000760. The summed E-state index contributed by atoms with van der Waals surface area (Å²) in [4.78, 5) is 46.6. The summed E-state index contributed by atoms with van der Waals surface area (Å²) in [6.45, 7) is 18.3. The second-order valence-corrected chi connectivity index (χ2v) is 9.79. The number of ether oxygens (including phenoxy) is 2. The highest BCUT2D eigenvalue weighted by atomic mass is 16.6. The highest BCUT2D eigenvalue weighted by Gasteiger charge is 2.34. The smallest absolute Gasteiger partial charge is 0.415 e. The standard InChI is InChI=1S/C26H26N4O6.3C2H6/c1-13-10-28(3)6-7-29(13)26(34)36-21-5-4-19-16(14(21)2)8-15-11-30-20(22(15)27-19)9-17-18(24(30)32)12-35-25(33)23(17)31;3*1-2/h4-5,8-9,13,23,31H,6-7,10-12H2,1-3H3;3*1-2H3/t13?,23-;;;/m0.../s1. The van der Waals surface area contributed by atoms with Gasteiger partial charge in [-0.1, -0.05) is 41.5 Å². The quantitative estimate of drug-likeness (QED) is 0.312. The number of fused-ring (bicyclic) bond motifs is 5. The van der Waals surface area contributed by atoms with Crippen LogP contribution in [0.15, 0.2) is 29.1 Å². The number of pyridine rings is 2. The van der Waals surface area contributed by atoms with Crippen molar-refractivity contribution in [1.29, 1.82) is 0 Å². The number of hydrogen-bond donors (Lipinski definition) is 1. The molecule has 3 aromatic rings. The molecule has 2 atom stereocenters. The molecule has 0 bridgehead atoms. The zero-order chi connectivity index (χ0) is 31.3. The zero-order valence-electron chi connectivity index (χ0n) is 26.3. The summed E-state index contributed by atoms with van der Waals surface area (Å²) in [6, 6.07) is 7.22. The van der Waals surface area contributed by atoms with E-state index < -0.39 is 12.1 Å². The summed E-state index contributed by atoms with van der Waals surface area (Å²) in [6.07, 6.45) is -1.86. The van der Waals surface area contributed by atoms with Gasteiger partial charge in [0.15, 0.2) is 6.10 Å². The number of hydrogen-bond acceptors (Lipinski definition) is 8. The van der Waals surface area contributed by atoms with Gasteiger partial charge in [-0.3, -0.25) is 4.79 Å². The van der Waals surface area contributed by atoms with Crippen molar-refractivity contribution in [2.45, 2.75) is 80.7 Å². The third-order valence-electron chi connectivity index (χ3n) is 7.44. The molecule has 1 saturated heterocycles. The van der Waals surface area contributed by atoms with Gasteiger partial charge in [-0.2, -0.15) is 0 Å². The molecule has 0 radical (unpaired) electrons. The van der Waals surface area contributed by atoms with Crippen LogP contribution in [0.3, 0.4) is 0 Å². The minimum atomic E-state index is -1.49. The van der Waals surface area contributed by atoms with Crippen LogP contribution in [0.5, 0.6) is 5.75 Å². The molecule has 2 aromatic heterocycles. The molecule has 3 aliphatic heterocycles. The molecule has 0 saturated carbocycles. The van der Waals surface area contributed by atoms with Crippen molar-refractivity contribution in [2.75, 3.05) is 26.7 Å². The fraction of sp³-hybridized carbons (Fsp3) is 0.500. The van der Waals surface area contributed by atoms with Crippen LogP contribution in [-0.4, -0.2) is 69.2 Å². The van der Waals surface area contributed by atoms with Crippen molar-refractivity contribution in [3.8, 4) is 17.1 Å². The Hall–Kier alpha value is -3.76. The summed E-state index contributed by atoms with van der Waals surface area (Å²) in [5.41, 5.74) is 3.75. The molecular formula is C32H44N4O6. The molecule has 1 N–H and O–H groups in total. The van der Waals surface area contributed by atoms with Gasteiger partial charge in [0, 0.05) is 47.8 Å². The maximum absolute atomic E-state index is 13.1. The van der Waals surface area contributed by atoms with Gasteiger partial charge in [0.25, 0.3) is 5.56 Å². The van der Waals surface area contributed by atoms with Gasteiger partial charge >= 0.3 is 12.1 Å². The number of aryl methyl sites for hydroxylation is 1. The lowest BCUT2D eigenvalue weighted by Crippen LogP contribution is -2.53. The minimum absolute atomic E-state index is 0.0591. The maximum atomic E-state index is 13.1. The van der Waals surface area contributed by atoms with Crippen molar-refractivity contribution in [2.24, 2.45) is 0 Å². The van der Waals surface area contributed by atoms with Gasteiger partial charge < -0.3 is 28.9 Å². The van der Waals surface area contributed by atoms with E-state index in [2.05, 4.69) is 4.90 Å². The van der Waals surface area contributed by atoms with E-state index in [1.165, 1.54) is 0 Å². The van der Waals surface area contributed by atoms with E-state index in [1.54, 1.807) is 27.7 Å². The molecular weight excluding hydrogens is 536 g/mol. The number of aliphatic hydroxyl groups is 1. The maximum Gasteiger partial charge on any atom is 0.415 e. The second-order valence-electron chi connectivity index (χ2n) is 9.79. The van der Waals surface area contributed by atoms with Crippen LogP contribution in [0.25, 0.3) is 22.3 Å². The Labute approximate surface area is 247 Å². The lowest BCUT2D eigenvalue weighted by atomic mass is 10.00. The van der Waals surface area contributed by atoms with E-state index in [1.807, 2.05) is 68.5 Å². The number of amides is 1. The zero-order valence-corrected chi connectivity index (χ0v) is 26.3. The van der Waals surface area contributed by atoms with Crippen molar-refractivity contribution in [1.82, 2.24) is 19.4 Å². The number of benzene rings is 1. The lowest BCUT2D eigenvalue weighted by molar-refractivity contribution is -0.157. The Morgan fingerprint density at radius 3 is 2.43 bits per heavy atom. The van der Waals surface area contributed by atoms with Crippen LogP contribution >= 0.6 is 0 Å². The predicted molar refractivity (Wildman–Crippen MR) is 164 cm³/mol. The minimum Gasteiger partial charge on any atom is -0.458 e. The molecule has 0 spiro atoms. The molecule has 6 rings (SSSR count). The normalized spacial score (nSPS) is 18.5. The number of esters is 1. The fourth-order valence-corrected chi connectivity index (χ4v) is 5.40. The first-order valence-electron chi connectivity index (χ1n) is 14.9. The number of aliphatic hydroxyl groups excluding tert-OH is 1. The Kier molecular flexibility index (Phi) is 10.9.